The molecule has 1 saturated heterocycles. The Morgan fingerprint density at radius 3 is 2.52 bits per heavy atom. The van der Waals surface area contributed by atoms with Crippen LogP contribution in [0.25, 0.3) is 0 Å². The second-order valence-corrected chi connectivity index (χ2v) is 6.07. The van der Waals surface area contributed by atoms with Gasteiger partial charge < -0.3 is 14.7 Å². The molecule has 7 nitrogen and oxygen atoms in total. The van der Waals surface area contributed by atoms with Gasteiger partial charge in [0.2, 0.25) is 5.91 Å². The van der Waals surface area contributed by atoms with Crippen LogP contribution >= 0.6 is 0 Å². The van der Waals surface area contributed by atoms with Crippen LogP contribution in [0.3, 0.4) is 0 Å². The largest absolute Gasteiger partial charge is 0.360 e. The lowest BCUT2D eigenvalue weighted by Crippen LogP contribution is -2.41. The van der Waals surface area contributed by atoms with Gasteiger partial charge in [-0.25, -0.2) is 0 Å². The van der Waals surface area contributed by atoms with Crippen molar-refractivity contribution in [1.29, 1.82) is 5.26 Å². The van der Waals surface area contributed by atoms with Crippen molar-refractivity contribution >= 4 is 17.6 Å². The highest BCUT2D eigenvalue weighted by atomic mass is 16.5. The van der Waals surface area contributed by atoms with Gasteiger partial charge in [-0.15, -0.1) is 0 Å². The van der Waals surface area contributed by atoms with Gasteiger partial charge in [0.05, 0.1) is 11.6 Å². The number of nitriles is 1. The van der Waals surface area contributed by atoms with E-state index in [1.54, 1.807) is 42.2 Å². The van der Waals surface area contributed by atoms with Crippen LogP contribution in [0.4, 0.5) is 5.82 Å². The molecule has 1 N–H and O–H groups in total. The number of benzene rings is 1. The first kappa shape index (κ1) is 16.7. The lowest BCUT2D eigenvalue weighted by atomic mass is 9.95. The van der Waals surface area contributed by atoms with Crippen molar-refractivity contribution < 1.29 is 14.1 Å². The number of nitrogens with zero attached hydrogens (tertiary/aromatic N) is 3. The molecule has 1 aliphatic rings. The highest BCUT2D eigenvalue weighted by Crippen LogP contribution is 2.21. The summed E-state index contributed by atoms with van der Waals surface area (Å²) in [7, 11) is 0. The quantitative estimate of drug-likeness (QED) is 0.926. The smallest absolute Gasteiger partial charge is 0.253 e. The maximum Gasteiger partial charge on any atom is 0.253 e. The maximum absolute atomic E-state index is 12.5. The van der Waals surface area contributed by atoms with E-state index in [1.165, 1.54) is 0 Å². The van der Waals surface area contributed by atoms with Crippen molar-refractivity contribution in [2.75, 3.05) is 18.4 Å². The average Bonchev–Trinajstić information content (AvgIpc) is 3.06. The molecule has 1 aromatic heterocycles. The summed E-state index contributed by atoms with van der Waals surface area (Å²) in [5, 5.41) is 15.3. The number of nitrogens with one attached hydrogen (secondary N) is 1. The van der Waals surface area contributed by atoms with E-state index in [4.69, 9.17) is 9.78 Å². The fraction of sp³-hybridized carbons (Fsp3) is 0.333. The first-order chi connectivity index (χ1) is 12.1. The zero-order chi connectivity index (χ0) is 17.8. The zero-order valence-electron chi connectivity index (χ0n) is 13.9. The van der Waals surface area contributed by atoms with Crippen LogP contribution in [-0.4, -0.2) is 35.0 Å². The number of piperidine rings is 1. The van der Waals surface area contributed by atoms with E-state index >= 15 is 0 Å². The van der Waals surface area contributed by atoms with E-state index in [9.17, 15) is 9.59 Å². The zero-order valence-corrected chi connectivity index (χ0v) is 13.9. The Bertz CT molecular complexity index is 812. The molecule has 2 amide bonds. The van der Waals surface area contributed by atoms with Crippen LogP contribution in [0, 0.1) is 24.2 Å². The molecular formula is C18H18N4O3. The van der Waals surface area contributed by atoms with Crippen molar-refractivity contribution in [2.24, 2.45) is 5.92 Å². The Kier molecular flexibility index (Phi) is 4.80. The standard InChI is InChI=1S/C18H18N4O3/c1-12-10-16(21-25-12)20-17(23)14-6-8-22(9-7-14)18(24)15-4-2-13(11-19)3-5-15/h2-5,10,14H,6-9H2,1H3,(H,20,21,23). The Labute approximate surface area is 145 Å². The molecular weight excluding hydrogens is 320 g/mol. The normalized spacial score (nSPS) is 14.8. The Balaban J connectivity index is 1.54. The number of carbonyl (C=O) groups is 2. The summed E-state index contributed by atoms with van der Waals surface area (Å²) in [6, 6.07) is 10.3. The fourth-order valence-electron chi connectivity index (χ4n) is 2.87. The average molecular weight is 338 g/mol. The number of rotatable bonds is 3. The fourth-order valence-corrected chi connectivity index (χ4v) is 2.87. The second kappa shape index (κ2) is 7.18. The van der Waals surface area contributed by atoms with E-state index in [2.05, 4.69) is 10.5 Å². The van der Waals surface area contributed by atoms with E-state index in [1.807, 2.05) is 6.07 Å². The molecule has 1 fully saturated rings. The van der Waals surface area contributed by atoms with Crippen molar-refractivity contribution in [3.8, 4) is 6.07 Å². The third-order valence-electron chi connectivity index (χ3n) is 4.29. The van der Waals surface area contributed by atoms with Gasteiger partial charge in [0, 0.05) is 30.6 Å². The maximum atomic E-state index is 12.5. The second-order valence-electron chi connectivity index (χ2n) is 6.07. The molecule has 1 aromatic carbocycles. The molecule has 1 aliphatic heterocycles. The molecule has 0 aliphatic carbocycles. The Morgan fingerprint density at radius 1 is 1.28 bits per heavy atom. The summed E-state index contributed by atoms with van der Waals surface area (Å²) in [6.45, 7) is 2.80. The van der Waals surface area contributed by atoms with Gasteiger partial charge in [-0.3, -0.25) is 9.59 Å². The summed E-state index contributed by atoms with van der Waals surface area (Å²) < 4.78 is 4.93. The number of aromatic nitrogens is 1. The van der Waals surface area contributed by atoms with E-state index in [0.717, 1.165) is 0 Å². The third kappa shape index (κ3) is 3.86. The lowest BCUT2D eigenvalue weighted by Gasteiger charge is -2.31. The number of carbonyl (C=O) groups excluding carboxylic acids is 2. The minimum absolute atomic E-state index is 0.0736. The van der Waals surface area contributed by atoms with Crippen molar-refractivity contribution in [3.63, 3.8) is 0 Å². The molecule has 0 saturated carbocycles. The van der Waals surface area contributed by atoms with Crippen LogP contribution < -0.4 is 5.32 Å². The van der Waals surface area contributed by atoms with Gasteiger partial charge in [-0.1, -0.05) is 5.16 Å². The minimum atomic E-state index is -0.151. The number of amides is 2. The minimum Gasteiger partial charge on any atom is -0.360 e. The molecule has 2 aromatic rings. The van der Waals surface area contributed by atoms with Crippen LogP contribution in [0.1, 0.15) is 34.5 Å². The highest BCUT2D eigenvalue weighted by Gasteiger charge is 2.28. The van der Waals surface area contributed by atoms with Gasteiger partial charge in [0.1, 0.15) is 5.76 Å². The molecule has 0 spiro atoms. The van der Waals surface area contributed by atoms with Gasteiger partial charge in [-0.2, -0.15) is 5.26 Å². The summed E-state index contributed by atoms with van der Waals surface area (Å²) in [6.07, 6.45) is 1.20. The number of aryl methyl sites for hydroxylation is 1. The molecule has 128 valence electrons. The topological polar surface area (TPSA) is 99.2 Å². The molecule has 0 radical (unpaired) electrons. The molecule has 0 bridgehead atoms. The predicted octanol–water partition coefficient (Wildman–Crippen LogP) is 2.35. The molecule has 3 rings (SSSR count). The first-order valence-electron chi connectivity index (χ1n) is 8.10. The Hall–Kier alpha value is -3.14. The molecule has 0 atom stereocenters. The number of hydrogen-bond donors (Lipinski definition) is 1. The summed E-state index contributed by atoms with van der Waals surface area (Å²) in [5.74, 6) is 0.730. The van der Waals surface area contributed by atoms with Crippen LogP contribution in [0.15, 0.2) is 34.9 Å². The summed E-state index contributed by atoms with van der Waals surface area (Å²) in [4.78, 5) is 26.5. The number of anilines is 1. The van der Waals surface area contributed by atoms with Gasteiger partial charge in [-0.05, 0) is 44.0 Å². The highest BCUT2D eigenvalue weighted by molar-refractivity contribution is 5.95. The monoisotopic (exact) mass is 338 g/mol. The van der Waals surface area contributed by atoms with Crippen molar-refractivity contribution in [2.45, 2.75) is 19.8 Å². The number of hydrogen-bond acceptors (Lipinski definition) is 5. The van der Waals surface area contributed by atoms with Gasteiger partial charge in [0.25, 0.3) is 5.91 Å². The number of likely N-dealkylation sites (tertiary alicyclic amines) is 1. The molecule has 25 heavy (non-hydrogen) atoms. The summed E-state index contributed by atoms with van der Waals surface area (Å²) in [5.41, 5.74) is 1.08. The molecule has 2 heterocycles. The predicted molar refractivity (Wildman–Crippen MR) is 89.7 cm³/mol. The lowest BCUT2D eigenvalue weighted by molar-refractivity contribution is -0.121. The van der Waals surface area contributed by atoms with Crippen LogP contribution in [0.5, 0.6) is 0 Å². The Morgan fingerprint density at radius 2 is 1.96 bits per heavy atom. The van der Waals surface area contributed by atoms with Crippen molar-refractivity contribution in [3.05, 3.63) is 47.2 Å². The molecule has 0 unspecified atom stereocenters. The van der Waals surface area contributed by atoms with Gasteiger partial charge in [0.15, 0.2) is 5.82 Å². The van der Waals surface area contributed by atoms with Crippen molar-refractivity contribution in [1.82, 2.24) is 10.1 Å². The van der Waals surface area contributed by atoms with Gasteiger partial charge >= 0.3 is 0 Å². The van der Waals surface area contributed by atoms with E-state index < -0.39 is 0 Å². The van der Waals surface area contributed by atoms with E-state index in [-0.39, 0.29) is 17.7 Å². The van der Waals surface area contributed by atoms with Crippen LogP contribution in [-0.2, 0) is 4.79 Å². The molecule has 7 heteroatoms. The first-order valence-corrected chi connectivity index (χ1v) is 8.10. The third-order valence-corrected chi connectivity index (χ3v) is 4.29. The SMILES string of the molecule is Cc1cc(NC(=O)C2CCN(C(=O)c3ccc(C#N)cc3)CC2)no1. The summed E-state index contributed by atoms with van der Waals surface area (Å²) >= 11 is 0. The van der Waals surface area contributed by atoms with E-state index in [0.29, 0.717) is 48.6 Å². The van der Waals surface area contributed by atoms with Crippen LogP contribution in [0.2, 0.25) is 0 Å².